The molecule has 39 heavy (non-hydrogen) atoms. The number of benzene rings is 1. The molecule has 1 spiro atoms. The molecule has 214 valence electrons. The minimum atomic E-state index is -2.06. The quantitative estimate of drug-likeness (QED) is 0.357. The van der Waals surface area contributed by atoms with Crippen LogP contribution in [0.1, 0.15) is 82.8 Å². The lowest BCUT2D eigenvalue weighted by Gasteiger charge is -2.40. The second-order valence-electron chi connectivity index (χ2n) is 12.1. The number of ether oxygens (including phenoxy) is 4. The van der Waals surface area contributed by atoms with Crippen molar-refractivity contribution in [2.45, 2.75) is 101 Å². The molecule has 0 bridgehead atoms. The van der Waals surface area contributed by atoms with E-state index in [4.69, 9.17) is 18.9 Å². The van der Waals surface area contributed by atoms with Gasteiger partial charge >= 0.3 is 11.9 Å². The second kappa shape index (κ2) is 10.4. The lowest BCUT2D eigenvalue weighted by atomic mass is 9.77. The minimum Gasteiger partial charge on any atom is -0.469 e. The Morgan fingerprint density at radius 1 is 1.15 bits per heavy atom. The molecule has 0 amide bonds. The fourth-order valence-electron chi connectivity index (χ4n) is 6.98. The van der Waals surface area contributed by atoms with Crippen LogP contribution < -0.4 is 9.47 Å². The summed E-state index contributed by atoms with van der Waals surface area (Å²) in [6.07, 6.45) is 5.39. The van der Waals surface area contributed by atoms with Gasteiger partial charge < -0.3 is 29.2 Å². The number of fused-ring (bicyclic) bond motifs is 3. The number of methoxy groups -OCH3 is 1. The highest BCUT2D eigenvalue weighted by atomic mass is 16.7. The van der Waals surface area contributed by atoms with E-state index in [9.17, 15) is 19.8 Å². The van der Waals surface area contributed by atoms with Crippen LogP contribution in [0.4, 0.5) is 0 Å². The van der Waals surface area contributed by atoms with Crippen molar-refractivity contribution in [3.63, 3.8) is 0 Å². The van der Waals surface area contributed by atoms with Gasteiger partial charge in [0.2, 0.25) is 6.79 Å². The second-order valence-corrected chi connectivity index (χ2v) is 12.1. The fraction of sp³-hybridized carbons (Fsp3) is 0.667. The topological polar surface area (TPSA) is 115 Å². The number of hydrogen-bond donors (Lipinski definition) is 2. The molecule has 3 heterocycles. The van der Waals surface area contributed by atoms with Gasteiger partial charge in [-0.05, 0) is 94.2 Å². The van der Waals surface area contributed by atoms with Crippen molar-refractivity contribution in [3.05, 3.63) is 34.9 Å². The predicted octanol–water partition coefficient (Wildman–Crippen LogP) is 3.39. The first kappa shape index (κ1) is 27.9. The maximum Gasteiger partial charge on any atom is 0.339 e. The molecule has 0 saturated carbocycles. The monoisotopic (exact) mass is 543 g/mol. The molecule has 0 unspecified atom stereocenters. The van der Waals surface area contributed by atoms with Crippen molar-refractivity contribution < 1.29 is 38.7 Å². The Hall–Kier alpha value is -2.62. The Bertz CT molecular complexity index is 1160. The largest absolute Gasteiger partial charge is 0.469 e. The summed E-state index contributed by atoms with van der Waals surface area (Å²) < 4.78 is 22.5. The van der Waals surface area contributed by atoms with E-state index in [-0.39, 0.29) is 24.7 Å². The molecule has 5 rings (SSSR count). The highest BCUT2D eigenvalue weighted by molar-refractivity contribution is 5.86. The molecule has 2 N–H and O–H groups in total. The molecule has 1 fully saturated rings. The van der Waals surface area contributed by atoms with Crippen LogP contribution in [-0.2, 0) is 25.5 Å². The van der Waals surface area contributed by atoms with Crippen LogP contribution >= 0.6 is 0 Å². The molecule has 3 aliphatic heterocycles. The Balaban J connectivity index is 1.50. The lowest BCUT2D eigenvalue weighted by molar-refractivity contribution is -0.177. The average Bonchev–Trinajstić information content (AvgIpc) is 3.56. The minimum absolute atomic E-state index is 0.0278. The first-order valence-corrected chi connectivity index (χ1v) is 14.1. The fourth-order valence-corrected chi connectivity index (χ4v) is 6.98. The van der Waals surface area contributed by atoms with Crippen molar-refractivity contribution in [2.24, 2.45) is 0 Å². The highest BCUT2D eigenvalue weighted by Crippen LogP contribution is 2.56. The van der Waals surface area contributed by atoms with E-state index in [0.717, 1.165) is 54.8 Å². The van der Waals surface area contributed by atoms with Crippen LogP contribution in [0.25, 0.3) is 0 Å². The van der Waals surface area contributed by atoms with Gasteiger partial charge in [-0.3, -0.25) is 9.69 Å². The van der Waals surface area contributed by atoms with Crippen molar-refractivity contribution >= 4 is 11.9 Å². The lowest BCUT2D eigenvalue weighted by Crippen LogP contribution is -2.49. The smallest absolute Gasteiger partial charge is 0.339 e. The number of carbonyl (C=O) groups excluding carboxylic acids is 2. The molecular formula is C30H41NO8. The first-order valence-electron chi connectivity index (χ1n) is 14.1. The molecule has 1 aromatic carbocycles. The summed E-state index contributed by atoms with van der Waals surface area (Å²) in [7, 11) is 1.23. The summed E-state index contributed by atoms with van der Waals surface area (Å²) in [5.74, 6) is -0.273. The average molecular weight is 544 g/mol. The third-order valence-electron chi connectivity index (χ3n) is 8.92. The van der Waals surface area contributed by atoms with Gasteiger partial charge in [0.25, 0.3) is 0 Å². The Morgan fingerprint density at radius 3 is 2.59 bits per heavy atom. The van der Waals surface area contributed by atoms with Gasteiger partial charge in [-0.1, -0.05) is 13.0 Å². The highest BCUT2D eigenvalue weighted by Gasteiger charge is 2.57. The zero-order valence-corrected chi connectivity index (χ0v) is 23.5. The SMILES string of the molecule is CCC1=C[C@]23CCCN2CCc2cc4c(cc2[C@@H]3[C@@H]1OC(=O)[C@@](O)(CCCC(C)(C)O)CC(=O)OC)OCO4. The van der Waals surface area contributed by atoms with Crippen molar-refractivity contribution in [2.75, 3.05) is 27.0 Å². The summed E-state index contributed by atoms with van der Waals surface area (Å²) in [5, 5.41) is 21.7. The molecule has 1 aromatic rings. The van der Waals surface area contributed by atoms with E-state index in [1.165, 1.54) is 7.11 Å². The normalized spacial score (nSPS) is 27.1. The van der Waals surface area contributed by atoms with E-state index in [1.54, 1.807) is 13.8 Å². The van der Waals surface area contributed by atoms with Crippen molar-refractivity contribution in [1.29, 1.82) is 0 Å². The van der Waals surface area contributed by atoms with Gasteiger partial charge in [0, 0.05) is 12.5 Å². The van der Waals surface area contributed by atoms with Crippen LogP contribution in [0.2, 0.25) is 0 Å². The third kappa shape index (κ3) is 5.16. The van der Waals surface area contributed by atoms with E-state index in [0.29, 0.717) is 25.0 Å². The molecular weight excluding hydrogens is 502 g/mol. The van der Waals surface area contributed by atoms with Crippen LogP contribution in [0.15, 0.2) is 23.8 Å². The number of aliphatic hydroxyl groups is 2. The Labute approximate surface area is 230 Å². The van der Waals surface area contributed by atoms with Gasteiger partial charge in [-0.25, -0.2) is 4.79 Å². The van der Waals surface area contributed by atoms with Crippen LogP contribution in [-0.4, -0.2) is 76.9 Å². The zero-order chi connectivity index (χ0) is 28.0. The van der Waals surface area contributed by atoms with E-state index in [1.807, 2.05) is 6.07 Å². The molecule has 0 radical (unpaired) electrons. The van der Waals surface area contributed by atoms with Gasteiger partial charge in [-0.15, -0.1) is 0 Å². The van der Waals surface area contributed by atoms with Crippen molar-refractivity contribution in [1.82, 2.24) is 4.90 Å². The van der Waals surface area contributed by atoms with Gasteiger partial charge in [0.05, 0.1) is 24.7 Å². The van der Waals surface area contributed by atoms with Gasteiger partial charge in [0.15, 0.2) is 17.1 Å². The van der Waals surface area contributed by atoms with Gasteiger partial charge in [-0.2, -0.15) is 0 Å². The van der Waals surface area contributed by atoms with Crippen LogP contribution in [0.5, 0.6) is 11.5 Å². The summed E-state index contributed by atoms with van der Waals surface area (Å²) >= 11 is 0. The van der Waals surface area contributed by atoms with Crippen LogP contribution in [0, 0.1) is 0 Å². The third-order valence-corrected chi connectivity index (χ3v) is 8.92. The standard InChI is InChI=1S/C30H41NO8/c1-5-19-16-29-10-7-12-31(29)13-8-20-14-22-23(38-18-37-22)15-21(20)25(29)26(19)39-27(33)30(35,17-24(32)36-4)11-6-9-28(2,3)34/h14-16,25-26,34-35H,5-13,17-18H2,1-4H3/t25-,26-,29+,30-/m1/s1. The maximum absolute atomic E-state index is 13.8. The maximum atomic E-state index is 13.8. The van der Waals surface area contributed by atoms with E-state index >= 15 is 0 Å². The first-order chi connectivity index (χ1) is 18.5. The zero-order valence-electron chi connectivity index (χ0n) is 23.5. The molecule has 9 heteroatoms. The molecule has 1 aliphatic carbocycles. The Morgan fingerprint density at radius 2 is 1.90 bits per heavy atom. The molecule has 4 aliphatic rings. The van der Waals surface area contributed by atoms with Crippen LogP contribution in [0.3, 0.4) is 0 Å². The summed E-state index contributed by atoms with van der Waals surface area (Å²) in [6.45, 7) is 7.43. The molecule has 9 nitrogen and oxygen atoms in total. The number of carbonyl (C=O) groups is 2. The van der Waals surface area contributed by atoms with E-state index in [2.05, 4.69) is 24.0 Å². The Kier molecular flexibility index (Phi) is 7.45. The molecule has 4 atom stereocenters. The summed E-state index contributed by atoms with van der Waals surface area (Å²) in [6, 6.07) is 4.10. The number of hydrogen-bond acceptors (Lipinski definition) is 9. The summed E-state index contributed by atoms with van der Waals surface area (Å²) in [5.41, 5.74) is -0.0719. The molecule has 0 aromatic heterocycles. The predicted molar refractivity (Wildman–Crippen MR) is 143 cm³/mol. The number of rotatable bonds is 9. The van der Waals surface area contributed by atoms with Gasteiger partial charge in [0.1, 0.15) is 6.10 Å². The summed E-state index contributed by atoms with van der Waals surface area (Å²) in [4.78, 5) is 28.6. The number of nitrogens with zero attached hydrogens (tertiary/aromatic N) is 1. The number of esters is 2. The van der Waals surface area contributed by atoms with E-state index < -0.39 is 35.7 Å². The van der Waals surface area contributed by atoms with Crippen molar-refractivity contribution in [3.8, 4) is 11.5 Å². The molecule has 1 saturated heterocycles.